The van der Waals surface area contributed by atoms with Gasteiger partial charge in [-0.1, -0.05) is 11.6 Å². The average Bonchev–Trinajstić information content (AvgIpc) is 2.23. The lowest BCUT2D eigenvalue weighted by Crippen LogP contribution is -2.16. The summed E-state index contributed by atoms with van der Waals surface area (Å²) in [6.07, 6.45) is 0. The molecule has 0 aromatic heterocycles. The highest BCUT2D eigenvalue weighted by Crippen LogP contribution is 2.31. The van der Waals surface area contributed by atoms with Crippen LogP contribution in [0.3, 0.4) is 0 Å². The van der Waals surface area contributed by atoms with E-state index in [9.17, 15) is 13.6 Å². The fourth-order valence-electron chi connectivity index (χ4n) is 1.08. The second-order valence-corrected chi connectivity index (χ2v) is 3.10. The van der Waals surface area contributed by atoms with E-state index in [2.05, 4.69) is 4.74 Å². The van der Waals surface area contributed by atoms with Crippen LogP contribution in [0.5, 0.6) is 5.75 Å². The largest absolute Gasteiger partial charge is 0.492 e. The zero-order chi connectivity index (χ0) is 11.6. The minimum atomic E-state index is -1.30. The highest BCUT2D eigenvalue weighted by Gasteiger charge is 2.21. The second kappa shape index (κ2) is 4.55. The summed E-state index contributed by atoms with van der Waals surface area (Å²) in [4.78, 5) is 11.1. The number of Topliss-reactive ketones (excluding diaryl/α,β-unsaturated/α-hetero) is 1. The summed E-state index contributed by atoms with van der Waals surface area (Å²) in [7, 11) is 1.15. The smallest absolute Gasteiger partial charge is 0.202 e. The third-order valence-corrected chi connectivity index (χ3v) is 2.09. The maximum absolute atomic E-state index is 13.3. The summed E-state index contributed by atoms with van der Waals surface area (Å²) < 4.78 is 31.1. The van der Waals surface area contributed by atoms with Crippen LogP contribution in [-0.4, -0.2) is 19.4 Å². The highest BCUT2D eigenvalue weighted by molar-refractivity contribution is 6.32. The molecule has 0 aliphatic heterocycles. The summed E-state index contributed by atoms with van der Waals surface area (Å²) in [6, 6.07) is 0.994. The van der Waals surface area contributed by atoms with Crippen molar-refractivity contribution in [2.75, 3.05) is 13.7 Å². The minimum Gasteiger partial charge on any atom is -0.492 e. The summed E-state index contributed by atoms with van der Waals surface area (Å²) >= 11 is 5.58. The molecule has 6 heteroatoms. The molecule has 0 saturated heterocycles. The number of hydrogen-bond donors (Lipinski definition) is 1. The van der Waals surface area contributed by atoms with Crippen molar-refractivity contribution in [3.8, 4) is 5.75 Å². The molecule has 0 bridgehead atoms. The number of hydrogen-bond acceptors (Lipinski definition) is 3. The molecule has 0 spiro atoms. The molecule has 1 rings (SSSR count). The lowest BCUT2D eigenvalue weighted by atomic mass is 10.1. The van der Waals surface area contributed by atoms with Crippen LogP contribution in [0.15, 0.2) is 6.07 Å². The molecule has 0 heterocycles. The number of nitrogens with two attached hydrogens (primary N) is 1. The van der Waals surface area contributed by atoms with Crippen molar-refractivity contribution in [3.63, 3.8) is 0 Å². The Kier molecular flexibility index (Phi) is 3.60. The molecule has 0 unspecified atom stereocenters. The second-order valence-electron chi connectivity index (χ2n) is 2.69. The molecule has 0 radical (unpaired) electrons. The van der Waals surface area contributed by atoms with E-state index in [0.717, 1.165) is 13.2 Å². The molecule has 0 saturated carbocycles. The molecule has 3 nitrogen and oxygen atoms in total. The normalized spacial score (nSPS) is 10.2. The molecule has 1 aromatic carbocycles. The standard InChI is InChI=1S/C9H8ClF2NO2/c1-15-9-5(10)2-4(6(14)3-13)7(11)8(9)12/h2H,3,13H2,1H3. The molecule has 82 valence electrons. The quantitative estimate of drug-likeness (QED) is 0.642. The Bertz CT molecular complexity index is 410. The maximum Gasteiger partial charge on any atom is 0.202 e. The van der Waals surface area contributed by atoms with Gasteiger partial charge in [0.05, 0.1) is 24.2 Å². The van der Waals surface area contributed by atoms with Crippen molar-refractivity contribution in [3.05, 3.63) is 28.3 Å². The van der Waals surface area contributed by atoms with Crippen molar-refractivity contribution in [1.82, 2.24) is 0 Å². The van der Waals surface area contributed by atoms with Gasteiger partial charge in [-0.25, -0.2) is 4.39 Å². The van der Waals surface area contributed by atoms with E-state index in [1.165, 1.54) is 0 Å². The van der Waals surface area contributed by atoms with Gasteiger partial charge in [0, 0.05) is 0 Å². The molecule has 0 atom stereocenters. The van der Waals surface area contributed by atoms with Crippen LogP contribution in [0.25, 0.3) is 0 Å². The van der Waals surface area contributed by atoms with Crippen LogP contribution in [0.1, 0.15) is 10.4 Å². The first kappa shape index (κ1) is 11.9. The van der Waals surface area contributed by atoms with Gasteiger partial charge in [-0.05, 0) is 6.07 Å². The third-order valence-electron chi connectivity index (χ3n) is 1.81. The van der Waals surface area contributed by atoms with Crippen LogP contribution in [0, 0.1) is 11.6 Å². The van der Waals surface area contributed by atoms with E-state index in [0.29, 0.717) is 0 Å². The van der Waals surface area contributed by atoms with Crippen molar-refractivity contribution in [2.45, 2.75) is 0 Å². The molecule has 0 aliphatic carbocycles. The highest BCUT2D eigenvalue weighted by atomic mass is 35.5. The van der Waals surface area contributed by atoms with Crippen molar-refractivity contribution < 1.29 is 18.3 Å². The summed E-state index contributed by atoms with van der Waals surface area (Å²) in [5, 5.41) is -0.173. The number of carbonyl (C=O) groups excluding carboxylic acids is 1. The van der Waals surface area contributed by atoms with Crippen LogP contribution < -0.4 is 10.5 Å². The van der Waals surface area contributed by atoms with Gasteiger partial charge in [-0.2, -0.15) is 4.39 Å². The number of halogens is 3. The first-order valence-electron chi connectivity index (χ1n) is 3.97. The van der Waals surface area contributed by atoms with E-state index in [1.54, 1.807) is 0 Å². The lowest BCUT2D eigenvalue weighted by molar-refractivity contribution is 0.0996. The minimum absolute atomic E-state index is 0.173. The van der Waals surface area contributed by atoms with Crippen molar-refractivity contribution >= 4 is 17.4 Å². The van der Waals surface area contributed by atoms with E-state index >= 15 is 0 Å². The molecular formula is C9H8ClF2NO2. The summed E-state index contributed by atoms with van der Waals surface area (Å²) in [5.41, 5.74) is 4.56. The van der Waals surface area contributed by atoms with Crippen molar-refractivity contribution in [1.29, 1.82) is 0 Å². The number of methoxy groups -OCH3 is 1. The van der Waals surface area contributed by atoms with E-state index in [1.807, 2.05) is 0 Å². The van der Waals surface area contributed by atoms with E-state index < -0.39 is 35.3 Å². The molecule has 2 N–H and O–H groups in total. The Balaban J connectivity index is 3.40. The predicted molar refractivity (Wildman–Crippen MR) is 51.3 cm³/mol. The van der Waals surface area contributed by atoms with Crippen LogP contribution in [0.2, 0.25) is 5.02 Å². The van der Waals surface area contributed by atoms with Crippen molar-refractivity contribution in [2.24, 2.45) is 5.73 Å². The summed E-state index contributed by atoms with van der Waals surface area (Å²) in [5.74, 6) is -3.74. The Labute approximate surface area is 89.8 Å². The van der Waals surface area contributed by atoms with Gasteiger partial charge in [0.25, 0.3) is 0 Å². The number of benzene rings is 1. The van der Waals surface area contributed by atoms with Crippen LogP contribution in [0.4, 0.5) is 8.78 Å². The molecule has 0 fully saturated rings. The van der Waals surface area contributed by atoms with E-state index in [-0.39, 0.29) is 5.02 Å². The van der Waals surface area contributed by atoms with Crippen LogP contribution >= 0.6 is 11.6 Å². The molecule has 1 aromatic rings. The number of rotatable bonds is 3. The molecule has 0 amide bonds. The molecule has 15 heavy (non-hydrogen) atoms. The van der Waals surface area contributed by atoms with E-state index in [4.69, 9.17) is 17.3 Å². The topological polar surface area (TPSA) is 52.3 Å². The van der Waals surface area contributed by atoms with Gasteiger partial charge in [-0.15, -0.1) is 0 Å². The number of ketones is 1. The van der Waals surface area contributed by atoms with Gasteiger partial charge < -0.3 is 10.5 Å². The Morgan fingerprint density at radius 2 is 2.13 bits per heavy atom. The lowest BCUT2D eigenvalue weighted by Gasteiger charge is -2.08. The fraction of sp³-hybridized carbons (Fsp3) is 0.222. The monoisotopic (exact) mass is 235 g/mol. The first-order chi connectivity index (χ1) is 7.02. The summed E-state index contributed by atoms with van der Waals surface area (Å²) in [6.45, 7) is -0.418. The average molecular weight is 236 g/mol. The third kappa shape index (κ3) is 2.08. The SMILES string of the molecule is COc1c(Cl)cc(C(=O)CN)c(F)c1F. The number of ether oxygens (including phenoxy) is 1. The first-order valence-corrected chi connectivity index (χ1v) is 4.35. The van der Waals surface area contributed by atoms with Gasteiger partial charge in [0.1, 0.15) is 0 Å². The Morgan fingerprint density at radius 3 is 2.60 bits per heavy atom. The Hall–Kier alpha value is -1.20. The molecular weight excluding hydrogens is 228 g/mol. The maximum atomic E-state index is 13.3. The van der Waals surface area contributed by atoms with Gasteiger partial charge in [0.15, 0.2) is 17.3 Å². The zero-order valence-electron chi connectivity index (χ0n) is 7.81. The number of carbonyl (C=O) groups is 1. The molecule has 0 aliphatic rings. The Morgan fingerprint density at radius 1 is 1.53 bits per heavy atom. The fourth-order valence-corrected chi connectivity index (χ4v) is 1.35. The zero-order valence-corrected chi connectivity index (χ0v) is 8.57. The predicted octanol–water partition coefficient (Wildman–Crippen LogP) is 1.77. The van der Waals surface area contributed by atoms with Gasteiger partial charge in [-0.3, -0.25) is 4.79 Å². The van der Waals surface area contributed by atoms with Crippen LogP contribution in [-0.2, 0) is 0 Å². The van der Waals surface area contributed by atoms with Gasteiger partial charge >= 0.3 is 0 Å². The van der Waals surface area contributed by atoms with Gasteiger partial charge in [0.2, 0.25) is 5.82 Å².